The Balaban J connectivity index is 1.46. The topological polar surface area (TPSA) is 42.0 Å². The minimum Gasteiger partial charge on any atom is -0.355 e. The van der Waals surface area contributed by atoms with Gasteiger partial charge < -0.3 is 5.32 Å². The Morgan fingerprint density at radius 3 is 2.76 bits per heavy atom. The number of hydrogen-bond acceptors (Lipinski definition) is 2. The number of nitrogens with zero attached hydrogens (tertiary/aromatic N) is 1. The zero-order valence-corrected chi connectivity index (χ0v) is 13.2. The molecule has 108 valence electrons. The van der Waals surface area contributed by atoms with Gasteiger partial charge >= 0.3 is 0 Å². The fourth-order valence-electron chi connectivity index (χ4n) is 2.55. The number of carbonyl (C=O) groups excluding carboxylic acids is 1. The summed E-state index contributed by atoms with van der Waals surface area (Å²) in [5.74, 6) is 0.682. The van der Waals surface area contributed by atoms with Gasteiger partial charge in [0.1, 0.15) is 0 Å². The zero-order chi connectivity index (χ0) is 14.7. The highest BCUT2D eigenvalue weighted by molar-refractivity contribution is 9.10. The second-order valence-corrected chi connectivity index (χ2v) is 6.28. The lowest BCUT2D eigenvalue weighted by molar-refractivity contribution is -0.122. The first-order chi connectivity index (χ1) is 10.2. The lowest BCUT2D eigenvalue weighted by Crippen LogP contribution is -2.27. The van der Waals surface area contributed by atoms with Gasteiger partial charge in [-0.05, 0) is 42.2 Å². The average Bonchev–Trinajstić information content (AvgIpc) is 3.30. The quantitative estimate of drug-likeness (QED) is 0.903. The SMILES string of the molecule is O=C(NCCc1ccccn1)[C@H]1C[C@H]1c1ccc(Br)cc1. The van der Waals surface area contributed by atoms with Crippen LogP contribution in [0, 0.1) is 5.92 Å². The summed E-state index contributed by atoms with van der Waals surface area (Å²) >= 11 is 3.43. The van der Waals surface area contributed by atoms with Crippen LogP contribution in [0.5, 0.6) is 0 Å². The predicted molar refractivity (Wildman–Crippen MR) is 85.9 cm³/mol. The molecule has 1 aliphatic carbocycles. The Morgan fingerprint density at radius 2 is 2.05 bits per heavy atom. The molecule has 0 saturated heterocycles. The summed E-state index contributed by atoms with van der Waals surface area (Å²) < 4.78 is 1.07. The first-order valence-electron chi connectivity index (χ1n) is 7.17. The van der Waals surface area contributed by atoms with Crippen molar-refractivity contribution in [3.63, 3.8) is 0 Å². The van der Waals surface area contributed by atoms with Crippen LogP contribution in [0.15, 0.2) is 53.1 Å². The summed E-state index contributed by atoms with van der Waals surface area (Å²) in [7, 11) is 0. The van der Waals surface area contributed by atoms with Crippen LogP contribution in [0.2, 0.25) is 0 Å². The Hall–Kier alpha value is -1.68. The number of amides is 1. The van der Waals surface area contributed by atoms with Crippen LogP contribution in [0.3, 0.4) is 0 Å². The highest BCUT2D eigenvalue weighted by Gasteiger charge is 2.43. The van der Waals surface area contributed by atoms with E-state index in [1.165, 1.54) is 5.56 Å². The largest absolute Gasteiger partial charge is 0.355 e. The van der Waals surface area contributed by atoms with Crippen LogP contribution >= 0.6 is 15.9 Å². The first-order valence-corrected chi connectivity index (χ1v) is 7.96. The fraction of sp³-hybridized carbons (Fsp3) is 0.294. The van der Waals surface area contributed by atoms with E-state index in [2.05, 4.69) is 38.4 Å². The van der Waals surface area contributed by atoms with Gasteiger partial charge in [0, 0.05) is 35.2 Å². The van der Waals surface area contributed by atoms with E-state index >= 15 is 0 Å². The summed E-state index contributed by atoms with van der Waals surface area (Å²) in [6.07, 6.45) is 3.51. The minimum atomic E-state index is 0.134. The third-order valence-corrected chi connectivity index (χ3v) is 4.36. The number of hydrogen-bond donors (Lipinski definition) is 1. The highest BCUT2D eigenvalue weighted by atomic mass is 79.9. The molecule has 4 heteroatoms. The maximum atomic E-state index is 12.1. The monoisotopic (exact) mass is 344 g/mol. The number of benzene rings is 1. The van der Waals surface area contributed by atoms with Crippen LogP contribution < -0.4 is 5.32 Å². The molecule has 1 aliphatic rings. The molecule has 0 unspecified atom stereocenters. The van der Waals surface area contributed by atoms with Crippen molar-refractivity contribution in [1.82, 2.24) is 10.3 Å². The third kappa shape index (κ3) is 3.70. The number of halogens is 1. The second kappa shape index (κ2) is 6.39. The number of aromatic nitrogens is 1. The van der Waals surface area contributed by atoms with E-state index in [4.69, 9.17) is 0 Å². The van der Waals surface area contributed by atoms with Gasteiger partial charge in [-0.1, -0.05) is 34.1 Å². The van der Waals surface area contributed by atoms with Crippen molar-refractivity contribution < 1.29 is 4.79 Å². The molecule has 1 aromatic carbocycles. The number of rotatable bonds is 5. The maximum Gasteiger partial charge on any atom is 0.223 e. The molecule has 0 bridgehead atoms. The van der Waals surface area contributed by atoms with E-state index in [1.807, 2.05) is 30.3 Å². The Labute approximate surface area is 132 Å². The van der Waals surface area contributed by atoms with Crippen molar-refractivity contribution in [2.75, 3.05) is 6.54 Å². The van der Waals surface area contributed by atoms with Crippen LogP contribution in [0.1, 0.15) is 23.6 Å². The fourth-order valence-corrected chi connectivity index (χ4v) is 2.82. The van der Waals surface area contributed by atoms with Crippen molar-refractivity contribution in [1.29, 1.82) is 0 Å². The molecule has 1 fully saturated rings. The summed E-state index contributed by atoms with van der Waals surface area (Å²) in [5.41, 5.74) is 2.26. The first kappa shape index (κ1) is 14.3. The molecule has 0 spiro atoms. The van der Waals surface area contributed by atoms with Gasteiger partial charge in [-0.3, -0.25) is 9.78 Å². The van der Waals surface area contributed by atoms with Crippen molar-refractivity contribution in [3.8, 4) is 0 Å². The summed E-state index contributed by atoms with van der Waals surface area (Å²) in [6, 6.07) is 14.1. The number of carbonyl (C=O) groups is 1. The molecular formula is C17H17BrN2O. The van der Waals surface area contributed by atoms with Crippen molar-refractivity contribution in [2.45, 2.75) is 18.8 Å². The van der Waals surface area contributed by atoms with Gasteiger partial charge in [-0.25, -0.2) is 0 Å². The molecule has 1 saturated carbocycles. The lowest BCUT2D eigenvalue weighted by Gasteiger charge is -2.05. The van der Waals surface area contributed by atoms with Gasteiger partial charge in [0.15, 0.2) is 0 Å². The number of pyridine rings is 1. The van der Waals surface area contributed by atoms with Gasteiger partial charge in [0.25, 0.3) is 0 Å². The smallest absolute Gasteiger partial charge is 0.223 e. The van der Waals surface area contributed by atoms with E-state index in [-0.39, 0.29) is 11.8 Å². The predicted octanol–water partition coefficient (Wildman–Crippen LogP) is 3.31. The average molecular weight is 345 g/mol. The molecule has 1 heterocycles. The Kier molecular flexibility index (Phi) is 4.34. The molecule has 21 heavy (non-hydrogen) atoms. The van der Waals surface area contributed by atoms with E-state index in [1.54, 1.807) is 6.20 Å². The molecule has 3 nitrogen and oxygen atoms in total. The minimum absolute atomic E-state index is 0.134. The Bertz CT molecular complexity index is 612. The van der Waals surface area contributed by atoms with Crippen LogP contribution in [0.4, 0.5) is 0 Å². The summed E-state index contributed by atoms with van der Waals surface area (Å²) in [5, 5.41) is 3.02. The van der Waals surface area contributed by atoms with E-state index in [0.29, 0.717) is 12.5 Å². The zero-order valence-electron chi connectivity index (χ0n) is 11.6. The molecular weight excluding hydrogens is 328 g/mol. The highest BCUT2D eigenvalue weighted by Crippen LogP contribution is 2.47. The molecule has 3 rings (SSSR count). The molecule has 2 aromatic rings. The standard InChI is InChI=1S/C17H17BrN2O/c18-13-6-4-12(5-7-13)15-11-16(15)17(21)20-10-8-14-3-1-2-9-19-14/h1-7,9,15-16H,8,10-11H2,(H,20,21)/t15-,16-/m0/s1. The van der Waals surface area contributed by atoms with Crippen LogP contribution in [-0.4, -0.2) is 17.4 Å². The number of nitrogens with one attached hydrogen (secondary N) is 1. The second-order valence-electron chi connectivity index (χ2n) is 5.36. The molecule has 1 N–H and O–H groups in total. The molecule has 0 aliphatic heterocycles. The molecule has 2 atom stereocenters. The lowest BCUT2D eigenvalue weighted by atomic mass is 10.1. The van der Waals surface area contributed by atoms with Crippen molar-refractivity contribution >= 4 is 21.8 Å². The van der Waals surface area contributed by atoms with Crippen LogP contribution in [-0.2, 0) is 11.2 Å². The Morgan fingerprint density at radius 1 is 1.24 bits per heavy atom. The van der Waals surface area contributed by atoms with Crippen molar-refractivity contribution in [3.05, 3.63) is 64.4 Å². The third-order valence-electron chi connectivity index (χ3n) is 3.83. The molecule has 0 radical (unpaired) electrons. The van der Waals surface area contributed by atoms with Crippen LogP contribution in [0.25, 0.3) is 0 Å². The summed E-state index contributed by atoms with van der Waals surface area (Å²) in [6.45, 7) is 0.652. The summed E-state index contributed by atoms with van der Waals surface area (Å²) in [4.78, 5) is 16.4. The molecule has 1 amide bonds. The molecule has 1 aromatic heterocycles. The van der Waals surface area contributed by atoms with Crippen molar-refractivity contribution in [2.24, 2.45) is 5.92 Å². The van der Waals surface area contributed by atoms with Gasteiger partial charge in [-0.2, -0.15) is 0 Å². The van der Waals surface area contributed by atoms with Gasteiger partial charge in [-0.15, -0.1) is 0 Å². The normalized spacial score (nSPS) is 20.0. The van der Waals surface area contributed by atoms with Gasteiger partial charge in [0.2, 0.25) is 5.91 Å². The van der Waals surface area contributed by atoms with E-state index in [9.17, 15) is 4.79 Å². The van der Waals surface area contributed by atoms with E-state index < -0.39 is 0 Å². The van der Waals surface area contributed by atoms with E-state index in [0.717, 1.165) is 23.0 Å². The van der Waals surface area contributed by atoms with Gasteiger partial charge in [0.05, 0.1) is 0 Å². The maximum absolute atomic E-state index is 12.1.